The van der Waals surface area contributed by atoms with E-state index in [4.69, 9.17) is 4.98 Å². The summed E-state index contributed by atoms with van der Waals surface area (Å²) in [6.45, 7) is 2.13. The molecule has 1 N–H and O–H groups in total. The van der Waals surface area contributed by atoms with E-state index in [-0.39, 0.29) is 6.04 Å². The van der Waals surface area contributed by atoms with Crippen molar-refractivity contribution in [1.29, 1.82) is 0 Å². The minimum atomic E-state index is 0.121. The van der Waals surface area contributed by atoms with Crippen molar-refractivity contribution >= 4 is 10.9 Å². The Morgan fingerprint density at radius 3 is 2.81 bits per heavy atom. The van der Waals surface area contributed by atoms with Crippen molar-refractivity contribution in [2.45, 2.75) is 19.4 Å². The first-order valence-electron chi connectivity index (χ1n) is 7.05. The minimum Gasteiger partial charge on any atom is -0.311 e. The van der Waals surface area contributed by atoms with Gasteiger partial charge in [-0.15, -0.1) is 0 Å². The second-order valence-electron chi connectivity index (χ2n) is 5.23. The molecule has 0 saturated carbocycles. The molecular weight excluding hydrogens is 262 g/mol. The number of fused-ring (bicyclic) bond motifs is 1. The summed E-state index contributed by atoms with van der Waals surface area (Å²) in [5.41, 5.74) is 3.32. The Kier molecular flexibility index (Phi) is 3.66. The Morgan fingerprint density at radius 1 is 1.29 bits per heavy atom. The van der Waals surface area contributed by atoms with Gasteiger partial charge in [0.15, 0.2) is 0 Å². The van der Waals surface area contributed by atoms with E-state index in [2.05, 4.69) is 40.5 Å². The number of rotatable bonds is 4. The third kappa shape index (κ3) is 2.64. The van der Waals surface area contributed by atoms with Gasteiger partial charge in [-0.05, 0) is 31.7 Å². The Morgan fingerprint density at radius 2 is 2.10 bits per heavy atom. The number of para-hydroxylation sites is 1. The average molecular weight is 281 g/mol. The molecule has 3 aromatic rings. The topological polar surface area (TPSA) is 55.6 Å². The van der Waals surface area contributed by atoms with E-state index in [1.54, 1.807) is 11.0 Å². The Balaban J connectivity index is 1.99. The fraction of sp³-hybridized carbons (Fsp3) is 0.312. The Labute approximate surface area is 124 Å². The second-order valence-corrected chi connectivity index (χ2v) is 5.23. The molecule has 1 atom stereocenters. The number of benzene rings is 1. The first kappa shape index (κ1) is 13.7. The minimum absolute atomic E-state index is 0.121. The molecule has 2 heterocycles. The van der Waals surface area contributed by atoms with Crippen LogP contribution in [0.1, 0.15) is 23.1 Å². The van der Waals surface area contributed by atoms with E-state index in [0.717, 1.165) is 23.5 Å². The molecule has 1 aromatic carbocycles. The highest BCUT2D eigenvalue weighted by Crippen LogP contribution is 2.22. The number of nitrogens with one attached hydrogen (secondary N) is 1. The highest BCUT2D eigenvalue weighted by molar-refractivity contribution is 5.82. The molecule has 0 fully saturated rings. The summed E-state index contributed by atoms with van der Waals surface area (Å²) in [4.78, 5) is 9.10. The standard InChI is InChI=1S/C16H19N5/c1-11-8-15(20-13-7-5-4-6-12(11)13)14(17-2)9-16-18-10-19-21(16)3/h4-8,10,14,17H,9H2,1-3H3. The lowest BCUT2D eigenvalue weighted by atomic mass is 10.0. The van der Waals surface area contributed by atoms with E-state index < -0.39 is 0 Å². The SMILES string of the molecule is CNC(Cc1ncnn1C)c1cc(C)c2ccccc2n1. The summed E-state index contributed by atoms with van der Waals surface area (Å²) >= 11 is 0. The predicted octanol–water partition coefficient (Wildman–Crippen LogP) is 2.17. The van der Waals surface area contributed by atoms with Gasteiger partial charge < -0.3 is 5.32 Å². The van der Waals surface area contributed by atoms with Crippen LogP contribution in [-0.2, 0) is 13.5 Å². The van der Waals surface area contributed by atoms with Gasteiger partial charge in [-0.1, -0.05) is 18.2 Å². The van der Waals surface area contributed by atoms with Crippen LogP contribution in [0.2, 0.25) is 0 Å². The smallest absolute Gasteiger partial charge is 0.138 e. The lowest BCUT2D eigenvalue weighted by Gasteiger charge is -2.16. The fourth-order valence-electron chi connectivity index (χ4n) is 2.60. The number of nitrogens with zero attached hydrogens (tertiary/aromatic N) is 4. The van der Waals surface area contributed by atoms with Crippen LogP contribution in [0.15, 0.2) is 36.7 Å². The Hall–Kier alpha value is -2.27. The van der Waals surface area contributed by atoms with E-state index >= 15 is 0 Å². The molecule has 5 nitrogen and oxygen atoms in total. The predicted molar refractivity (Wildman–Crippen MR) is 83.0 cm³/mol. The van der Waals surface area contributed by atoms with Crippen molar-refractivity contribution < 1.29 is 0 Å². The van der Waals surface area contributed by atoms with Crippen LogP contribution in [0.3, 0.4) is 0 Å². The van der Waals surface area contributed by atoms with E-state index in [0.29, 0.717) is 0 Å². The molecule has 3 rings (SSSR count). The summed E-state index contributed by atoms with van der Waals surface area (Å²) in [6.07, 6.45) is 2.35. The molecule has 21 heavy (non-hydrogen) atoms. The van der Waals surface area contributed by atoms with Crippen molar-refractivity contribution in [1.82, 2.24) is 25.1 Å². The second kappa shape index (κ2) is 5.61. The zero-order chi connectivity index (χ0) is 14.8. The van der Waals surface area contributed by atoms with Crippen molar-refractivity contribution in [2.24, 2.45) is 7.05 Å². The van der Waals surface area contributed by atoms with Crippen LogP contribution in [0.5, 0.6) is 0 Å². The largest absolute Gasteiger partial charge is 0.311 e. The molecule has 0 aliphatic rings. The first-order valence-corrected chi connectivity index (χ1v) is 7.05. The summed E-state index contributed by atoms with van der Waals surface area (Å²) in [7, 11) is 3.86. The van der Waals surface area contributed by atoms with Gasteiger partial charge in [-0.25, -0.2) is 4.98 Å². The van der Waals surface area contributed by atoms with E-state index in [9.17, 15) is 0 Å². The molecule has 0 radical (unpaired) electrons. The van der Waals surface area contributed by atoms with Crippen molar-refractivity contribution in [2.75, 3.05) is 7.05 Å². The fourth-order valence-corrected chi connectivity index (χ4v) is 2.60. The molecule has 0 spiro atoms. The highest BCUT2D eigenvalue weighted by Gasteiger charge is 2.16. The van der Waals surface area contributed by atoms with Gasteiger partial charge in [0.1, 0.15) is 12.2 Å². The molecule has 0 saturated heterocycles. The summed E-state index contributed by atoms with van der Waals surface area (Å²) < 4.78 is 1.80. The molecule has 5 heteroatoms. The van der Waals surface area contributed by atoms with Crippen LogP contribution >= 0.6 is 0 Å². The van der Waals surface area contributed by atoms with Gasteiger partial charge in [0.2, 0.25) is 0 Å². The zero-order valence-electron chi connectivity index (χ0n) is 12.5. The van der Waals surface area contributed by atoms with Crippen molar-refractivity contribution in [3.8, 4) is 0 Å². The maximum absolute atomic E-state index is 4.80. The number of aromatic nitrogens is 4. The van der Waals surface area contributed by atoms with Crippen LogP contribution in [0.4, 0.5) is 0 Å². The maximum Gasteiger partial charge on any atom is 0.138 e. The quantitative estimate of drug-likeness (QED) is 0.796. The molecule has 1 unspecified atom stereocenters. The van der Waals surface area contributed by atoms with Crippen LogP contribution < -0.4 is 5.32 Å². The summed E-state index contributed by atoms with van der Waals surface area (Å²) in [6, 6.07) is 10.5. The molecule has 0 aliphatic carbocycles. The Bertz CT molecular complexity index is 762. The lowest BCUT2D eigenvalue weighted by Crippen LogP contribution is -2.22. The van der Waals surface area contributed by atoms with Crippen LogP contribution in [-0.4, -0.2) is 26.8 Å². The number of pyridine rings is 1. The zero-order valence-corrected chi connectivity index (χ0v) is 12.5. The number of likely N-dealkylation sites (N-methyl/N-ethyl adjacent to an activating group) is 1. The highest BCUT2D eigenvalue weighted by atomic mass is 15.3. The molecule has 0 aliphatic heterocycles. The van der Waals surface area contributed by atoms with Gasteiger partial charge in [0.25, 0.3) is 0 Å². The van der Waals surface area contributed by atoms with Gasteiger partial charge in [-0.2, -0.15) is 5.10 Å². The molecule has 0 amide bonds. The number of aryl methyl sites for hydroxylation is 2. The molecule has 108 valence electrons. The van der Waals surface area contributed by atoms with Crippen LogP contribution in [0.25, 0.3) is 10.9 Å². The maximum atomic E-state index is 4.80. The van der Waals surface area contributed by atoms with Gasteiger partial charge in [0, 0.05) is 18.9 Å². The van der Waals surface area contributed by atoms with Crippen molar-refractivity contribution in [3.63, 3.8) is 0 Å². The van der Waals surface area contributed by atoms with E-state index in [1.807, 2.05) is 26.2 Å². The van der Waals surface area contributed by atoms with Crippen molar-refractivity contribution in [3.05, 3.63) is 53.7 Å². The molecule has 0 bridgehead atoms. The first-order chi connectivity index (χ1) is 10.2. The summed E-state index contributed by atoms with van der Waals surface area (Å²) in [5, 5.41) is 8.66. The number of hydrogen-bond acceptors (Lipinski definition) is 4. The van der Waals surface area contributed by atoms with Gasteiger partial charge in [0.05, 0.1) is 17.3 Å². The lowest BCUT2D eigenvalue weighted by molar-refractivity contribution is 0.542. The van der Waals surface area contributed by atoms with Gasteiger partial charge >= 0.3 is 0 Å². The van der Waals surface area contributed by atoms with Gasteiger partial charge in [-0.3, -0.25) is 9.67 Å². The van der Waals surface area contributed by atoms with Crippen LogP contribution in [0, 0.1) is 6.92 Å². The van der Waals surface area contributed by atoms with E-state index in [1.165, 1.54) is 10.9 Å². The molecule has 2 aromatic heterocycles. The third-order valence-electron chi connectivity index (χ3n) is 3.84. The summed E-state index contributed by atoms with van der Waals surface area (Å²) in [5.74, 6) is 0.946. The molecular formula is C16H19N5. The number of hydrogen-bond donors (Lipinski definition) is 1. The normalized spacial score (nSPS) is 12.7. The average Bonchev–Trinajstić information content (AvgIpc) is 2.90. The third-order valence-corrected chi connectivity index (χ3v) is 3.84. The monoisotopic (exact) mass is 281 g/mol.